The van der Waals surface area contributed by atoms with Gasteiger partial charge in [-0.15, -0.1) is 0 Å². The molecule has 4 heteroatoms. The van der Waals surface area contributed by atoms with Crippen LogP contribution in [0.15, 0.2) is 42.5 Å². The van der Waals surface area contributed by atoms with Gasteiger partial charge in [-0.1, -0.05) is 29.8 Å². The number of ether oxygens (including phenoxy) is 2. The SMILES string of the molecule is Cc1ccccc1OCCOc1ccc(Cl)cc1N. The number of nitrogen functional groups attached to an aromatic ring is 1. The quantitative estimate of drug-likeness (QED) is 0.670. The average Bonchev–Trinajstić information content (AvgIpc) is 2.38. The number of benzene rings is 2. The molecule has 2 N–H and O–H groups in total. The van der Waals surface area contributed by atoms with Gasteiger partial charge in [0.05, 0.1) is 5.69 Å². The second-order valence-electron chi connectivity index (χ2n) is 4.14. The summed E-state index contributed by atoms with van der Waals surface area (Å²) in [6.07, 6.45) is 0. The first-order valence-electron chi connectivity index (χ1n) is 6.03. The van der Waals surface area contributed by atoms with Crippen LogP contribution in [0.3, 0.4) is 0 Å². The van der Waals surface area contributed by atoms with Crippen LogP contribution in [0.4, 0.5) is 5.69 Å². The molecule has 0 aliphatic heterocycles. The predicted molar refractivity (Wildman–Crippen MR) is 78.0 cm³/mol. The van der Waals surface area contributed by atoms with E-state index < -0.39 is 0 Å². The van der Waals surface area contributed by atoms with Crippen LogP contribution in [0.2, 0.25) is 5.02 Å². The minimum absolute atomic E-state index is 0.431. The first-order valence-corrected chi connectivity index (χ1v) is 6.41. The van der Waals surface area contributed by atoms with Crippen LogP contribution in [-0.2, 0) is 0 Å². The molecular weight excluding hydrogens is 262 g/mol. The van der Waals surface area contributed by atoms with Crippen molar-refractivity contribution >= 4 is 17.3 Å². The fraction of sp³-hybridized carbons (Fsp3) is 0.200. The summed E-state index contributed by atoms with van der Waals surface area (Å²) in [6.45, 7) is 2.90. The zero-order valence-corrected chi connectivity index (χ0v) is 11.5. The van der Waals surface area contributed by atoms with Gasteiger partial charge in [-0.2, -0.15) is 0 Å². The molecule has 0 saturated heterocycles. The Hall–Kier alpha value is -1.87. The lowest BCUT2D eigenvalue weighted by molar-refractivity contribution is 0.217. The molecule has 0 aliphatic carbocycles. The lowest BCUT2D eigenvalue weighted by Crippen LogP contribution is -2.10. The van der Waals surface area contributed by atoms with Gasteiger partial charge in [0.15, 0.2) is 0 Å². The van der Waals surface area contributed by atoms with Crippen molar-refractivity contribution in [2.75, 3.05) is 18.9 Å². The summed E-state index contributed by atoms with van der Waals surface area (Å²) < 4.78 is 11.2. The van der Waals surface area contributed by atoms with Crippen molar-refractivity contribution < 1.29 is 9.47 Å². The molecule has 2 aromatic rings. The number of rotatable bonds is 5. The van der Waals surface area contributed by atoms with Gasteiger partial charge >= 0.3 is 0 Å². The summed E-state index contributed by atoms with van der Waals surface area (Å²) in [6, 6.07) is 13.0. The van der Waals surface area contributed by atoms with Crippen LogP contribution >= 0.6 is 11.6 Å². The molecular formula is C15H16ClNO2. The highest BCUT2D eigenvalue weighted by Crippen LogP contribution is 2.24. The second kappa shape index (κ2) is 6.34. The van der Waals surface area contributed by atoms with Crippen molar-refractivity contribution in [3.63, 3.8) is 0 Å². The number of anilines is 1. The molecule has 0 aliphatic rings. The number of nitrogens with two attached hydrogens (primary N) is 1. The fourth-order valence-electron chi connectivity index (χ4n) is 1.67. The Morgan fingerprint density at radius 1 is 1.00 bits per heavy atom. The van der Waals surface area contributed by atoms with Gasteiger partial charge in [0.1, 0.15) is 24.7 Å². The Morgan fingerprint density at radius 2 is 1.68 bits per heavy atom. The van der Waals surface area contributed by atoms with E-state index in [1.807, 2.05) is 31.2 Å². The number of halogens is 1. The highest BCUT2D eigenvalue weighted by molar-refractivity contribution is 6.30. The van der Waals surface area contributed by atoms with E-state index in [2.05, 4.69) is 0 Å². The van der Waals surface area contributed by atoms with Crippen molar-refractivity contribution in [3.8, 4) is 11.5 Å². The van der Waals surface area contributed by atoms with Gasteiger partial charge in [-0.05, 0) is 36.8 Å². The molecule has 0 bridgehead atoms. The van der Waals surface area contributed by atoms with Crippen molar-refractivity contribution in [3.05, 3.63) is 53.1 Å². The van der Waals surface area contributed by atoms with E-state index >= 15 is 0 Å². The molecule has 0 saturated carbocycles. The minimum Gasteiger partial charge on any atom is -0.490 e. The summed E-state index contributed by atoms with van der Waals surface area (Å²) >= 11 is 5.82. The van der Waals surface area contributed by atoms with E-state index in [1.54, 1.807) is 18.2 Å². The van der Waals surface area contributed by atoms with E-state index in [4.69, 9.17) is 26.8 Å². The van der Waals surface area contributed by atoms with Gasteiger partial charge in [0.25, 0.3) is 0 Å². The molecule has 0 fully saturated rings. The standard InChI is InChI=1S/C15H16ClNO2/c1-11-4-2-3-5-14(11)18-8-9-19-15-7-6-12(16)10-13(15)17/h2-7,10H,8-9,17H2,1H3. The molecule has 0 spiro atoms. The van der Waals surface area contributed by atoms with Crippen LogP contribution < -0.4 is 15.2 Å². The third-order valence-electron chi connectivity index (χ3n) is 2.66. The third-order valence-corrected chi connectivity index (χ3v) is 2.90. The molecule has 0 radical (unpaired) electrons. The molecule has 0 unspecified atom stereocenters. The van der Waals surface area contributed by atoms with Crippen LogP contribution in [0.1, 0.15) is 5.56 Å². The Balaban J connectivity index is 1.83. The Morgan fingerprint density at radius 3 is 2.37 bits per heavy atom. The van der Waals surface area contributed by atoms with Gasteiger partial charge < -0.3 is 15.2 Å². The maximum atomic E-state index is 5.82. The zero-order chi connectivity index (χ0) is 13.7. The molecule has 2 rings (SSSR count). The largest absolute Gasteiger partial charge is 0.490 e. The maximum absolute atomic E-state index is 5.82. The van der Waals surface area contributed by atoms with Crippen molar-refractivity contribution in [1.82, 2.24) is 0 Å². The summed E-state index contributed by atoms with van der Waals surface area (Å²) in [4.78, 5) is 0. The molecule has 100 valence electrons. The number of hydrogen-bond donors (Lipinski definition) is 1. The van der Waals surface area contributed by atoms with Gasteiger partial charge in [0.2, 0.25) is 0 Å². The van der Waals surface area contributed by atoms with Crippen LogP contribution in [-0.4, -0.2) is 13.2 Å². The number of aryl methyl sites for hydroxylation is 1. The van der Waals surface area contributed by atoms with Crippen molar-refractivity contribution in [2.45, 2.75) is 6.92 Å². The summed E-state index contributed by atoms with van der Waals surface area (Å²) in [5, 5.41) is 0.598. The molecule has 19 heavy (non-hydrogen) atoms. The molecule has 0 atom stereocenters. The zero-order valence-electron chi connectivity index (χ0n) is 10.7. The van der Waals surface area contributed by atoms with E-state index in [9.17, 15) is 0 Å². The molecule has 0 amide bonds. The third kappa shape index (κ3) is 3.80. The van der Waals surface area contributed by atoms with E-state index in [-0.39, 0.29) is 0 Å². The highest BCUT2D eigenvalue weighted by Gasteiger charge is 2.02. The minimum atomic E-state index is 0.431. The van der Waals surface area contributed by atoms with Crippen molar-refractivity contribution in [2.24, 2.45) is 0 Å². The topological polar surface area (TPSA) is 44.5 Å². The highest BCUT2D eigenvalue weighted by atomic mass is 35.5. The van der Waals surface area contributed by atoms with E-state index in [0.29, 0.717) is 29.7 Å². The maximum Gasteiger partial charge on any atom is 0.142 e. The van der Waals surface area contributed by atoms with E-state index in [1.165, 1.54) is 0 Å². The second-order valence-corrected chi connectivity index (χ2v) is 4.58. The lowest BCUT2D eigenvalue weighted by Gasteiger charge is -2.11. The Kier molecular flexibility index (Phi) is 4.53. The van der Waals surface area contributed by atoms with Crippen LogP contribution in [0.25, 0.3) is 0 Å². The Labute approximate surface area is 117 Å². The fourth-order valence-corrected chi connectivity index (χ4v) is 1.85. The van der Waals surface area contributed by atoms with Gasteiger partial charge in [0, 0.05) is 5.02 Å². The molecule has 3 nitrogen and oxygen atoms in total. The average molecular weight is 278 g/mol. The van der Waals surface area contributed by atoms with Crippen molar-refractivity contribution in [1.29, 1.82) is 0 Å². The predicted octanol–water partition coefficient (Wildman–Crippen LogP) is 3.69. The lowest BCUT2D eigenvalue weighted by atomic mass is 10.2. The monoisotopic (exact) mass is 277 g/mol. The summed E-state index contributed by atoms with van der Waals surface area (Å²) in [5.41, 5.74) is 7.42. The number of para-hydroxylation sites is 1. The molecule has 2 aromatic carbocycles. The Bertz CT molecular complexity index is 558. The van der Waals surface area contributed by atoms with Crippen LogP contribution in [0, 0.1) is 6.92 Å². The first-order chi connectivity index (χ1) is 9.16. The van der Waals surface area contributed by atoms with Crippen LogP contribution in [0.5, 0.6) is 11.5 Å². The summed E-state index contributed by atoms with van der Waals surface area (Å²) in [5.74, 6) is 1.49. The van der Waals surface area contributed by atoms with Gasteiger partial charge in [-0.3, -0.25) is 0 Å². The first kappa shape index (κ1) is 13.6. The summed E-state index contributed by atoms with van der Waals surface area (Å²) in [7, 11) is 0. The van der Waals surface area contributed by atoms with E-state index in [0.717, 1.165) is 11.3 Å². The molecule has 0 heterocycles. The number of hydrogen-bond acceptors (Lipinski definition) is 3. The molecule has 0 aromatic heterocycles. The smallest absolute Gasteiger partial charge is 0.142 e. The normalized spacial score (nSPS) is 10.2. The van der Waals surface area contributed by atoms with Gasteiger partial charge in [-0.25, -0.2) is 0 Å².